The Bertz CT molecular complexity index is 431. The summed E-state index contributed by atoms with van der Waals surface area (Å²) in [6.45, 7) is 4.84. The Morgan fingerprint density at radius 2 is 1.90 bits per heavy atom. The Kier molecular flexibility index (Phi) is 6.04. The maximum Gasteiger partial charge on any atom is 0.326 e. The van der Waals surface area contributed by atoms with E-state index in [4.69, 9.17) is 10.4 Å². The molecular formula is C14H21N3O3. The van der Waals surface area contributed by atoms with Gasteiger partial charge in [0.05, 0.1) is 0 Å². The van der Waals surface area contributed by atoms with Gasteiger partial charge in [-0.05, 0) is 25.2 Å². The fourth-order valence-corrected chi connectivity index (χ4v) is 2.13. The average Bonchev–Trinajstić information content (AvgIpc) is 2.43. The van der Waals surface area contributed by atoms with Gasteiger partial charge in [-0.3, -0.25) is 4.79 Å². The van der Waals surface area contributed by atoms with Gasteiger partial charge in [-0.25, -0.2) is 4.79 Å². The Labute approximate surface area is 119 Å². The molecule has 0 saturated carbocycles. The number of carbonyl (C=O) groups excluding carboxylic acids is 1. The number of amides is 1. The first-order valence-electron chi connectivity index (χ1n) is 6.85. The van der Waals surface area contributed by atoms with E-state index in [-0.39, 0.29) is 17.4 Å². The molecular weight excluding hydrogens is 258 g/mol. The van der Waals surface area contributed by atoms with Crippen molar-refractivity contribution < 1.29 is 14.7 Å². The van der Waals surface area contributed by atoms with Gasteiger partial charge in [-0.1, -0.05) is 13.8 Å². The normalized spacial score (nSPS) is 17.5. The highest BCUT2D eigenvalue weighted by Gasteiger charge is 2.23. The molecule has 0 bridgehead atoms. The summed E-state index contributed by atoms with van der Waals surface area (Å²) in [5.74, 6) is -1.47. The highest BCUT2D eigenvalue weighted by atomic mass is 16.4. The molecule has 1 saturated heterocycles. The number of rotatable bonds is 5. The molecule has 1 aliphatic heterocycles. The lowest BCUT2D eigenvalue weighted by molar-refractivity contribution is -0.140. The van der Waals surface area contributed by atoms with Gasteiger partial charge in [0, 0.05) is 19.3 Å². The van der Waals surface area contributed by atoms with Crippen LogP contribution in [0.4, 0.5) is 0 Å². The average molecular weight is 279 g/mol. The van der Waals surface area contributed by atoms with Gasteiger partial charge in [0.15, 0.2) is 0 Å². The van der Waals surface area contributed by atoms with Crippen molar-refractivity contribution in [3.05, 3.63) is 11.8 Å². The van der Waals surface area contributed by atoms with Crippen LogP contribution in [0.5, 0.6) is 0 Å². The number of hydrogen-bond acceptors (Lipinski definition) is 4. The minimum atomic E-state index is -1.00. The second-order valence-electron chi connectivity index (χ2n) is 5.25. The van der Waals surface area contributed by atoms with Crippen molar-refractivity contribution in [1.82, 2.24) is 10.2 Å². The predicted molar refractivity (Wildman–Crippen MR) is 73.5 cm³/mol. The quantitative estimate of drug-likeness (QED) is 0.580. The van der Waals surface area contributed by atoms with Crippen molar-refractivity contribution in [3.63, 3.8) is 0 Å². The van der Waals surface area contributed by atoms with Crippen LogP contribution in [-0.4, -0.2) is 41.0 Å². The van der Waals surface area contributed by atoms with Crippen LogP contribution in [0.15, 0.2) is 11.8 Å². The minimum Gasteiger partial charge on any atom is -0.480 e. The number of nitriles is 1. The third-order valence-corrected chi connectivity index (χ3v) is 3.33. The molecule has 0 aromatic rings. The van der Waals surface area contributed by atoms with Crippen LogP contribution >= 0.6 is 0 Å². The van der Waals surface area contributed by atoms with Gasteiger partial charge < -0.3 is 15.3 Å². The maximum absolute atomic E-state index is 12.1. The van der Waals surface area contributed by atoms with E-state index in [1.54, 1.807) is 18.7 Å². The van der Waals surface area contributed by atoms with Crippen molar-refractivity contribution in [2.24, 2.45) is 5.92 Å². The van der Waals surface area contributed by atoms with E-state index in [1.165, 1.54) is 6.20 Å². The minimum absolute atomic E-state index is 0.0428. The molecule has 6 nitrogen and oxygen atoms in total. The first-order chi connectivity index (χ1) is 9.47. The number of nitrogens with zero attached hydrogens (tertiary/aromatic N) is 2. The number of carbonyl (C=O) groups is 2. The number of aliphatic carboxylic acids is 1. The fourth-order valence-electron chi connectivity index (χ4n) is 2.13. The first-order valence-corrected chi connectivity index (χ1v) is 6.85. The van der Waals surface area contributed by atoms with Crippen LogP contribution in [0.1, 0.15) is 33.1 Å². The lowest BCUT2D eigenvalue weighted by Gasteiger charge is -2.26. The van der Waals surface area contributed by atoms with E-state index in [0.29, 0.717) is 13.1 Å². The smallest absolute Gasteiger partial charge is 0.326 e. The van der Waals surface area contributed by atoms with Gasteiger partial charge in [0.2, 0.25) is 0 Å². The molecule has 6 heteroatoms. The van der Waals surface area contributed by atoms with Crippen LogP contribution < -0.4 is 5.32 Å². The van der Waals surface area contributed by atoms with E-state index < -0.39 is 12.0 Å². The number of piperidine rings is 1. The molecule has 2 N–H and O–H groups in total. The Morgan fingerprint density at radius 3 is 2.35 bits per heavy atom. The molecule has 0 aliphatic carbocycles. The van der Waals surface area contributed by atoms with Crippen LogP contribution in [-0.2, 0) is 9.59 Å². The molecule has 1 rings (SSSR count). The van der Waals surface area contributed by atoms with Crippen LogP contribution in [0, 0.1) is 17.2 Å². The number of nitrogens with one attached hydrogen (secondary N) is 1. The zero-order chi connectivity index (χ0) is 15.1. The molecule has 1 amide bonds. The Hall–Kier alpha value is -2.03. The number of hydrogen-bond donors (Lipinski definition) is 2. The molecule has 20 heavy (non-hydrogen) atoms. The summed E-state index contributed by atoms with van der Waals surface area (Å²) in [6, 6.07) is 1.03. The summed E-state index contributed by atoms with van der Waals surface area (Å²) in [7, 11) is 0. The molecule has 0 radical (unpaired) electrons. The van der Waals surface area contributed by atoms with Gasteiger partial charge in [0.1, 0.15) is 17.7 Å². The SMILES string of the molecule is CC(C)C(N/C=C(/C#N)C(=O)N1CCCCC1)C(=O)O. The van der Waals surface area contributed by atoms with Crippen LogP contribution in [0.25, 0.3) is 0 Å². The topological polar surface area (TPSA) is 93.4 Å². The monoisotopic (exact) mass is 279 g/mol. The molecule has 1 unspecified atom stereocenters. The predicted octanol–water partition coefficient (Wildman–Crippen LogP) is 1.11. The van der Waals surface area contributed by atoms with E-state index in [9.17, 15) is 9.59 Å². The zero-order valence-electron chi connectivity index (χ0n) is 11.9. The summed E-state index contributed by atoms with van der Waals surface area (Å²) in [4.78, 5) is 24.8. The molecule has 110 valence electrons. The van der Waals surface area contributed by atoms with Gasteiger partial charge in [-0.15, -0.1) is 0 Å². The molecule has 0 aromatic heterocycles. The van der Waals surface area contributed by atoms with Crippen LogP contribution in [0.3, 0.4) is 0 Å². The van der Waals surface area contributed by atoms with Crippen LogP contribution in [0.2, 0.25) is 0 Å². The van der Waals surface area contributed by atoms with E-state index in [0.717, 1.165) is 19.3 Å². The molecule has 0 spiro atoms. The lowest BCUT2D eigenvalue weighted by Crippen LogP contribution is -2.40. The highest BCUT2D eigenvalue weighted by Crippen LogP contribution is 2.12. The molecule has 0 aromatic carbocycles. The lowest BCUT2D eigenvalue weighted by atomic mass is 10.0. The zero-order valence-corrected chi connectivity index (χ0v) is 11.9. The first kappa shape index (κ1) is 16.0. The molecule has 1 heterocycles. The maximum atomic E-state index is 12.1. The van der Waals surface area contributed by atoms with E-state index >= 15 is 0 Å². The second-order valence-corrected chi connectivity index (χ2v) is 5.25. The van der Waals surface area contributed by atoms with Gasteiger partial charge in [0.25, 0.3) is 5.91 Å². The second kappa shape index (κ2) is 7.53. The Balaban J connectivity index is 2.73. The number of carboxylic acid groups (broad SMARTS) is 1. The summed E-state index contributed by atoms with van der Waals surface area (Å²) in [6.07, 6.45) is 4.22. The Morgan fingerprint density at radius 1 is 1.30 bits per heavy atom. The van der Waals surface area contributed by atoms with Gasteiger partial charge >= 0.3 is 5.97 Å². The largest absolute Gasteiger partial charge is 0.480 e. The van der Waals surface area contributed by atoms with E-state index in [2.05, 4.69) is 5.32 Å². The molecule has 1 atom stereocenters. The summed E-state index contributed by atoms with van der Waals surface area (Å²) in [5.41, 5.74) is -0.0428. The summed E-state index contributed by atoms with van der Waals surface area (Å²) < 4.78 is 0. The van der Waals surface area contributed by atoms with Crippen molar-refractivity contribution >= 4 is 11.9 Å². The van der Waals surface area contributed by atoms with E-state index in [1.807, 2.05) is 6.07 Å². The number of likely N-dealkylation sites (tertiary alicyclic amines) is 1. The third-order valence-electron chi connectivity index (χ3n) is 3.33. The summed E-state index contributed by atoms with van der Waals surface area (Å²) in [5, 5.41) is 20.8. The summed E-state index contributed by atoms with van der Waals surface area (Å²) >= 11 is 0. The highest BCUT2D eigenvalue weighted by molar-refractivity contribution is 5.97. The third kappa shape index (κ3) is 4.26. The van der Waals surface area contributed by atoms with Crippen molar-refractivity contribution in [1.29, 1.82) is 5.26 Å². The van der Waals surface area contributed by atoms with Crippen molar-refractivity contribution in [3.8, 4) is 6.07 Å². The van der Waals surface area contributed by atoms with Gasteiger partial charge in [-0.2, -0.15) is 5.26 Å². The van der Waals surface area contributed by atoms with Crippen molar-refractivity contribution in [2.45, 2.75) is 39.2 Å². The molecule has 1 aliphatic rings. The number of carboxylic acids is 1. The fraction of sp³-hybridized carbons (Fsp3) is 0.643. The van der Waals surface area contributed by atoms with Crippen molar-refractivity contribution in [2.75, 3.05) is 13.1 Å². The standard InChI is InChI=1S/C14H21N3O3/c1-10(2)12(14(19)20)16-9-11(8-15)13(18)17-6-4-3-5-7-17/h9-10,12,16H,3-7H2,1-2H3,(H,19,20)/b11-9-. The molecule has 1 fully saturated rings.